The van der Waals surface area contributed by atoms with Gasteiger partial charge in [-0.15, -0.1) is 11.8 Å². The maximum absolute atomic E-state index is 13.1. The topological polar surface area (TPSA) is 100 Å². The smallest absolute Gasteiger partial charge is 0.271 e. The maximum Gasteiger partial charge on any atom is 0.271 e. The number of aromatic nitrogens is 3. The molecule has 0 aliphatic heterocycles. The highest BCUT2D eigenvalue weighted by atomic mass is 32.2. The molecule has 0 saturated carbocycles. The normalized spacial score (nSPS) is 11.1. The molecule has 0 N–H and O–H groups in total. The van der Waals surface area contributed by atoms with Crippen LogP contribution in [0.5, 0.6) is 0 Å². The quantitative estimate of drug-likeness (QED) is 0.189. The number of nitro groups is 1. The van der Waals surface area contributed by atoms with Gasteiger partial charge < -0.3 is 4.57 Å². The molecular weight excluding hydrogens is 428 g/mol. The van der Waals surface area contributed by atoms with Gasteiger partial charge in [0.15, 0.2) is 5.78 Å². The molecular formula is C23H20N4O4S. The Hall–Kier alpha value is -3.72. The lowest BCUT2D eigenvalue weighted by molar-refractivity contribution is -0.384. The van der Waals surface area contributed by atoms with E-state index >= 15 is 0 Å². The van der Waals surface area contributed by atoms with Crippen molar-refractivity contribution in [3.05, 3.63) is 92.3 Å². The first kappa shape index (κ1) is 21.5. The van der Waals surface area contributed by atoms with Crippen molar-refractivity contribution in [3.8, 4) is 5.69 Å². The summed E-state index contributed by atoms with van der Waals surface area (Å²) in [5.74, 6) is -0.212. The second-order valence-electron chi connectivity index (χ2n) is 7.38. The van der Waals surface area contributed by atoms with Crippen LogP contribution in [0.15, 0.2) is 64.5 Å². The average Bonchev–Trinajstić information content (AvgIpc) is 3.09. The van der Waals surface area contributed by atoms with E-state index in [1.165, 1.54) is 29.1 Å². The van der Waals surface area contributed by atoms with Crippen molar-refractivity contribution in [2.24, 2.45) is 0 Å². The second-order valence-corrected chi connectivity index (χ2v) is 8.26. The van der Waals surface area contributed by atoms with Gasteiger partial charge in [0, 0.05) is 39.7 Å². The summed E-state index contributed by atoms with van der Waals surface area (Å²) in [6, 6.07) is 13.8. The predicted octanol–water partition coefficient (Wildman–Crippen LogP) is 4.32. The number of carbonyl (C=O) groups excluding carboxylic acids is 1. The first-order valence-corrected chi connectivity index (χ1v) is 11.0. The summed E-state index contributed by atoms with van der Waals surface area (Å²) in [5, 5.41) is 11.2. The van der Waals surface area contributed by atoms with Gasteiger partial charge in [0.25, 0.3) is 11.2 Å². The van der Waals surface area contributed by atoms with Gasteiger partial charge in [-0.1, -0.05) is 6.07 Å². The van der Waals surface area contributed by atoms with Crippen LogP contribution in [-0.4, -0.2) is 31.1 Å². The number of rotatable bonds is 6. The number of carbonyl (C=O) groups is 1. The van der Waals surface area contributed by atoms with Gasteiger partial charge in [-0.3, -0.25) is 24.3 Å². The van der Waals surface area contributed by atoms with Gasteiger partial charge in [-0.2, -0.15) is 0 Å². The minimum atomic E-state index is -0.541. The number of benzene rings is 2. The van der Waals surface area contributed by atoms with Crippen LogP contribution in [0.4, 0.5) is 5.69 Å². The molecule has 32 heavy (non-hydrogen) atoms. The van der Waals surface area contributed by atoms with Gasteiger partial charge in [-0.25, -0.2) is 4.98 Å². The Morgan fingerprint density at radius 2 is 1.94 bits per heavy atom. The van der Waals surface area contributed by atoms with E-state index in [9.17, 15) is 19.7 Å². The van der Waals surface area contributed by atoms with E-state index in [0.717, 1.165) is 22.0 Å². The summed E-state index contributed by atoms with van der Waals surface area (Å²) < 4.78 is 3.25. The average molecular weight is 449 g/mol. The van der Waals surface area contributed by atoms with E-state index in [1.807, 2.05) is 48.9 Å². The molecule has 0 aliphatic carbocycles. The molecule has 0 spiro atoms. The van der Waals surface area contributed by atoms with Crippen molar-refractivity contribution in [1.82, 2.24) is 14.1 Å². The monoisotopic (exact) mass is 448 g/mol. The summed E-state index contributed by atoms with van der Waals surface area (Å²) >= 11 is 1.65. The van der Waals surface area contributed by atoms with Crippen LogP contribution in [0.2, 0.25) is 0 Å². The molecule has 0 atom stereocenters. The zero-order valence-corrected chi connectivity index (χ0v) is 18.5. The van der Waals surface area contributed by atoms with E-state index in [4.69, 9.17) is 0 Å². The Morgan fingerprint density at radius 3 is 2.66 bits per heavy atom. The highest BCUT2D eigenvalue weighted by Crippen LogP contribution is 2.25. The van der Waals surface area contributed by atoms with E-state index in [1.54, 1.807) is 11.8 Å². The van der Waals surface area contributed by atoms with E-state index in [0.29, 0.717) is 5.56 Å². The lowest BCUT2D eigenvalue weighted by Crippen LogP contribution is -2.25. The Bertz CT molecular complexity index is 1440. The molecule has 0 amide bonds. The number of nitro benzene ring substituents is 1. The fourth-order valence-corrected chi connectivity index (χ4v) is 4.26. The number of hydrogen-bond acceptors (Lipinski definition) is 6. The maximum atomic E-state index is 13.1. The number of aryl methyl sites for hydroxylation is 1. The molecule has 0 fully saturated rings. The SMILES string of the molecule is CSc1cccc(-n2c(C)cc(C(=O)Cn3cnc4cc([N+](=O)[O-])ccc4c3=O)c2C)c1. The Labute approximate surface area is 187 Å². The third-order valence-electron chi connectivity index (χ3n) is 5.38. The standard InChI is InChI=1S/C23H20N4O4S/c1-14-9-20(15(2)26(14)16-5-4-6-18(10-16)32-3)22(28)12-25-13-24-21-11-17(27(30)31)7-8-19(21)23(25)29/h4-11,13H,12H2,1-3H3. The van der Waals surface area contributed by atoms with Gasteiger partial charge in [0.2, 0.25) is 0 Å². The lowest BCUT2D eigenvalue weighted by Gasteiger charge is -2.11. The zero-order chi connectivity index (χ0) is 23.0. The highest BCUT2D eigenvalue weighted by molar-refractivity contribution is 7.98. The van der Waals surface area contributed by atoms with E-state index < -0.39 is 10.5 Å². The molecule has 2 heterocycles. The van der Waals surface area contributed by atoms with Gasteiger partial charge in [0.05, 0.1) is 28.7 Å². The molecule has 0 bridgehead atoms. The van der Waals surface area contributed by atoms with Crippen LogP contribution < -0.4 is 5.56 Å². The molecule has 0 saturated heterocycles. The van der Waals surface area contributed by atoms with Crippen molar-refractivity contribution >= 4 is 34.1 Å². The van der Waals surface area contributed by atoms with Gasteiger partial charge in [-0.05, 0) is 50.4 Å². The number of non-ortho nitro benzene ring substituents is 1. The summed E-state index contributed by atoms with van der Waals surface area (Å²) in [7, 11) is 0. The minimum Gasteiger partial charge on any atom is -0.318 e. The first-order valence-electron chi connectivity index (χ1n) is 9.80. The summed E-state index contributed by atoms with van der Waals surface area (Å²) in [5.41, 5.74) is 2.88. The molecule has 162 valence electrons. The number of ketones is 1. The highest BCUT2D eigenvalue weighted by Gasteiger charge is 2.19. The predicted molar refractivity (Wildman–Crippen MR) is 124 cm³/mol. The molecule has 9 heteroatoms. The van der Waals surface area contributed by atoms with Crippen molar-refractivity contribution in [1.29, 1.82) is 0 Å². The molecule has 2 aromatic heterocycles. The number of hydrogen-bond donors (Lipinski definition) is 0. The van der Waals surface area contributed by atoms with Crippen LogP contribution in [0.25, 0.3) is 16.6 Å². The fourth-order valence-electron chi connectivity index (χ4n) is 3.80. The molecule has 4 aromatic rings. The van der Waals surface area contributed by atoms with Gasteiger partial charge in [0.1, 0.15) is 0 Å². The molecule has 0 radical (unpaired) electrons. The Balaban J connectivity index is 1.68. The van der Waals surface area contributed by atoms with Crippen molar-refractivity contribution in [2.75, 3.05) is 6.26 Å². The third-order valence-corrected chi connectivity index (χ3v) is 6.10. The van der Waals surface area contributed by atoms with Crippen LogP contribution in [0.3, 0.4) is 0 Å². The Morgan fingerprint density at radius 1 is 1.16 bits per heavy atom. The van der Waals surface area contributed by atoms with E-state index in [2.05, 4.69) is 11.1 Å². The van der Waals surface area contributed by atoms with Gasteiger partial charge >= 0.3 is 0 Å². The number of nitrogens with zero attached hydrogens (tertiary/aromatic N) is 4. The molecule has 2 aromatic carbocycles. The minimum absolute atomic E-state index is 0.142. The summed E-state index contributed by atoms with van der Waals surface area (Å²) in [4.78, 5) is 41.6. The van der Waals surface area contributed by atoms with Crippen LogP contribution in [-0.2, 0) is 6.54 Å². The van der Waals surface area contributed by atoms with Crippen molar-refractivity contribution in [2.45, 2.75) is 25.3 Å². The fraction of sp³-hybridized carbons (Fsp3) is 0.174. The van der Waals surface area contributed by atoms with Crippen molar-refractivity contribution < 1.29 is 9.72 Å². The first-order chi connectivity index (χ1) is 15.3. The Kier molecular flexibility index (Phi) is 5.67. The third kappa shape index (κ3) is 3.82. The number of thioether (sulfide) groups is 1. The number of fused-ring (bicyclic) bond motifs is 1. The molecule has 4 rings (SSSR count). The summed E-state index contributed by atoms with van der Waals surface area (Å²) in [6.45, 7) is 3.65. The molecule has 0 unspecified atom stereocenters. The van der Waals surface area contributed by atoms with Crippen LogP contribution >= 0.6 is 11.8 Å². The zero-order valence-electron chi connectivity index (χ0n) is 17.7. The second kappa shape index (κ2) is 8.43. The van der Waals surface area contributed by atoms with Crippen molar-refractivity contribution in [3.63, 3.8) is 0 Å². The summed E-state index contributed by atoms with van der Waals surface area (Å²) in [6.07, 6.45) is 3.27. The lowest BCUT2D eigenvalue weighted by atomic mass is 10.1. The molecule has 8 nitrogen and oxygen atoms in total. The van der Waals surface area contributed by atoms with Crippen LogP contribution in [0, 0.1) is 24.0 Å². The molecule has 0 aliphatic rings. The largest absolute Gasteiger partial charge is 0.318 e. The number of Topliss-reactive ketones (excluding diaryl/α,β-unsaturated/α-hetero) is 1. The van der Waals surface area contributed by atoms with Crippen LogP contribution in [0.1, 0.15) is 21.7 Å². The van der Waals surface area contributed by atoms with E-state index in [-0.39, 0.29) is 28.9 Å².